The molecule has 0 radical (unpaired) electrons. The van der Waals surface area contributed by atoms with E-state index >= 15 is 0 Å². The van der Waals surface area contributed by atoms with Crippen LogP contribution < -0.4 is 5.32 Å². The quantitative estimate of drug-likeness (QED) is 0.155. The van der Waals surface area contributed by atoms with Crippen molar-refractivity contribution in [1.29, 1.82) is 0 Å². The number of alkyl halides is 2. The topological polar surface area (TPSA) is 105 Å². The summed E-state index contributed by atoms with van der Waals surface area (Å²) in [7, 11) is 1.43. The molecule has 9 heteroatoms. The van der Waals surface area contributed by atoms with Gasteiger partial charge in [-0.1, -0.05) is 89.1 Å². The van der Waals surface area contributed by atoms with Crippen LogP contribution in [-0.2, 0) is 19.1 Å². The number of rotatable bonds is 10. The summed E-state index contributed by atoms with van der Waals surface area (Å²) in [6, 6.07) is -0.606. The van der Waals surface area contributed by atoms with E-state index < -0.39 is 39.8 Å². The van der Waals surface area contributed by atoms with Gasteiger partial charge in [-0.3, -0.25) is 9.59 Å². The lowest BCUT2D eigenvalue weighted by molar-refractivity contribution is -0.229. The monoisotopic (exact) mass is 593 g/mol. The number of ether oxygens (including phenoxy) is 2. The summed E-state index contributed by atoms with van der Waals surface area (Å²) >= 11 is 6.40. The molecule has 3 N–H and O–H groups in total. The van der Waals surface area contributed by atoms with Crippen LogP contribution in [0.2, 0.25) is 0 Å². The standard InChI is InChI=1S/C24H37Br2NO6/c1-5-6-7-8-9-14(2)12-15(3)10-11-17(28)27-16-13-24(33-23(16)32-4)21(30)18(25)20(29)19(26)22(24)31/h10-12,14,16,18-19,21-23,30-31H,5-9,13H2,1-4H3,(H,27,28). The molecule has 1 spiro atoms. The summed E-state index contributed by atoms with van der Waals surface area (Å²) in [4.78, 5) is 23.0. The van der Waals surface area contributed by atoms with Gasteiger partial charge in [-0.2, -0.15) is 0 Å². The minimum Gasteiger partial charge on any atom is -0.388 e. The van der Waals surface area contributed by atoms with E-state index in [2.05, 4.69) is 57.1 Å². The number of methoxy groups -OCH3 is 1. The Morgan fingerprint density at radius 1 is 1.24 bits per heavy atom. The van der Waals surface area contributed by atoms with Crippen molar-refractivity contribution >= 4 is 43.6 Å². The highest BCUT2D eigenvalue weighted by Crippen LogP contribution is 2.45. The van der Waals surface area contributed by atoms with Gasteiger partial charge in [0, 0.05) is 19.6 Å². The molecule has 1 saturated carbocycles. The van der Waals surface area contributed by atoms with Crippen molar-refractivity contribution in [3.05, 3.63) is 23.8 Å². The molecule has 0 aromatic heterocycles. The number of unbranched alkanes of at least 4 members (excludes halogenated alkanes) is 3. The predicted octanol–water partition coefficient (Wildman–Crippen LogP) is 3.54. The molecular weight excluding hydrogens is 558 g/mol. The number of carbonyl (C=O) groups is 2. The van der Waals surface area contributed by atoms with E-state index in [0.717, 1.165) is 12.0 Å². The van der Waals surface area contributed by atoms with E-state index in [0.29, 0.717) is 5.92 Å². The number of nitrogens with one attached hydrogen (secondary N) is 1. The van der Waals surface area contributed by atoms with Crippen LogP contribution in [0.15, 0.2) is 23.8 Å². The van der Waals surface area contributed by atoms with Crippen LogP contribution in [-0.4, -0.2) is 68.8 Å². The molecule has 1 aliphatic heterocycles. The van der Waals surface area contributed by atoms with Crippen LogP contribution in [0.3, 0.4) is 0 Å². The summed E-state index contributed by atoms with van der Waals surface area (Å²) in [5.41, 5.74) is -0.446. The number of hydrogen-bond donors (Lipinski definition) is 3. The van der Waals surface area contributed by atoms with Gasteiger partial charge in [0.1, 0.15) is 27.5 Å². The number of ketones is 1. The Morgan fingerprint density at radius 3 is 2.45 bits per heavy atom. The van der Waals surface area contributed by atoms with E-state index in [1.165, 1.54) is 38.9 Å². The molecule has 0 aromatic rings. The fourth-order valence-corrected chi connectivity index (χ4v) is 6.37. The van der Waals surface area contributed by atoms with E-state index in [-0.39, 0.29) is 18.1 Å². The highest BCUT2D eigenvalue weighted by molar-refractivity contribution is 9.10. The number of allylic oxidation sites excluding steroid dienone is 3. The Labute approximate surface area is 213 Å². The molecule has 1 amide bonds. The first kappa shape index (κ1) is 28.7. The number of halogens is 2. The highest BCUT2D eigenvalue weighted by atomic mass is 79.9. The average molecular weight is 595 g/mol. The third-order valence-corrected chi connectivity index (χ3v) is 8.32. The zero-order chi connectivity index (χ0) is 24.8. The van der Waals surface area contributed by atoms with Crippen molar-refractivity contribution in [3.63, 3.8) is 0 Å². The Balaban J connectivity index is 2.00. The van der Waals surface area contributed by atoms with Crippen LogP contribution in [0, 0.1) is 5.92 Å². The number of aliphatic hydroxyl groups is 2. The van der Waals surface area contributed by atoms with Crippen LogP contribution in [0.25, 0.3) is 0 Å². The second-order valence-electron chi connectivity index (χ2n) is 9.16. The van der Waals surface area contributed by atoms with Crippen molar-refractivity contribution in [2.24, 2.45) is 5.92 Å². The number of aliphatic hydroxyl groups excluding tert-OH is 2. The largest absolute Gasteiger partial charge is 0.388 e. The Hall–Kier alpha value is -0.580. The van der Waals surface area contributed by atoms with Crippen molar-refractivity contribution in [2.75, 3.05) is 7.11 Å². The smallest absolute Gasteiger partial charge is 0.244 e. The zero-order valence-corrected chi connectivity index (χ0v) is 23.0. The van der Waals surface area contributed by atoms with Gasteiger partial charge in [-0.25, -0.2) is 0 Å². The lowest BCUT2D eigenvalue weighted by atomic mass is 9.76. The Kier molecular flexibility index (Phi) is 11.2. The van der Waals surface area contributed by atoms with Crippen molar-refractivity contribution in [2.45, 2.75) is 99.1 Å². The Bertz CT molecular complexity index is 724. The zero-order valence-electron chi connectivity index (χ0n) is 19.8. The second-order valence-corrected chi connectivity index (χ2v) is 11.1. The third-order valence-electron chi connectivity index (χ3n) is 6.42. The molecule has 7 atom stereocenters. The van der Waals surface area contributed by atoms with Crippen LogP contribution in [0.4, 0.5) is 0 Å². The van der Waals surface area contributed by atoms with E-state index in [9.17, 15) is 19.8 Å². The van der Waals surface area contributed by atoms with Gasteiger partial charge in [0.2, 0.25) is 5.91 Å². The van der Waals surface area contributed by atoms with Crippen LogP contribution >= 0.6 is 31.9 Å². The first-order valence-corrected chi connectivity index (χ1v) is 13.5. The van der Waals surface area contributed by atoms with Crippen molar-refractivity contribution in [3.8, 4) is 0 Å². The first-order chi connectivity index (χ1) is 15.6. The predicted molar refractivity (Wildman–Crippen MR) is 134 cm³/mol. The molecule has 7 nitrogen and oxygen atoms in total. The molecule has 2 fully saturated rings. The molecule has 1 saturated heterocycles. The SMILES string of the molecule is CCCCCCC(C)C=C(C)C=CC(=O)NC1CC2(OC1OC)C(O)C(Br)C(=O)C(Br)C2O. The molecule has 2 aliphatic rings. The van der Waals surface area contributed by atoms with Crippen molar-refractivity contribution in [1.82, 2.24) is 5.32 Å². The lowest BCUT2D eigenvalue weighted by Gasteiger charge is -2.45. The second kappa shape index (κ2) is 12.9. The minimum atomic E-state index is -1.46. The third kappa shape index (κ3) is 6.98. The van der Waals surface area contributed by atoms with E-state index in [4.69, 9.17) is 9.47 Å². The molecule has 33 heavy (non-hydrogen) atoms. The van der Waals surface area contributed by atoms with Crippen molar-refractivity contribution < 1.29 is 29.3 Å². The summed E-state index contributed by atoms with van der Waals surface area (Å²) in [6.45, 7) is 6.35. The number of carbonyl (C=O) groups excluding carboxylic acids is 2. The van der Waals surface area contributed by atoms with Gasteiger partial charge in [0.25, 0.3) is 0 Å². The summed E-state index contributed by atoms with van der Waals surface area (Å²) in [5.74, 6) is -0.245. The summed E-state index contributed by atoms with van der Waals surface area (Å²) in [6.07, 6.45) is 8.10. The normalized spacial score (nSPS) is 36.0. The maximum absolute atomic E-state index is 12.6. The highest BCUT2D eigenvalue weighted by Gasteiger charge is 2.64. The fourth-order valence-electron chi connectivity index (χ4n) is 4.55. The van der Waals surface area contributed by atoms with Gasteiger partial charge in [0.15, 0.2) is 12.1 Å². The maximum Gasteiger partial charge on any atom is 0.244 e. The number of hydrogen-bond acceptors (Lipinski definition) is 6. The molecule has 1 aliphatic carbocycles. The van der Waals surface area contributed by atoms with Crippen LogP contribution in [0.1, 0.15) is 59.3 Å². The Morgan fingerprint density at radius 2 is 1.88 bits per heavy atom. The van der Waals surface area contributed by atoms with E-state index in [1.54, 1.807) is 6.08 Å². The molecule has 1 heterocycles. The molecular formula is C24H37Br2NO6. The molecule has 188 valence electrons. The van der Waals surface area contributed by atoms with Crippen LogP contribution in [0.5, 0.6) is 0 Å². The van der Waals surface area contributed by atoms with E-state index in [1.807, 2.05) is 6.92 Å². The summed E-state index contributed by atoms with van der Waals surface area (Å²) < 4.78 is 11.3. The number of amides is 1. The van der Waals surface area contributed by atoms with Gasteiger partial charge >= 0.3 is 0 Å². The average Bonchev–Trinajstić information content (AvgIpc) is 3.16. The molecule has 0 aromatic carbocycles. The van der Waals surface area contributed by atoms with Gasteiger partial charge in [-0.15, -0.1) is 0 Å². The lowest BCUT2D eigenvalue weighted by Crippen LogP contribution is -2.66. The van der Waals surface area contributed by atoms with Gasteiger partial charge in [0.05, 0.1) is 6.04 Å². The first-order valence-electron chi connectivity index (χ1n) is 11.6. The molecule has 0 bridgehead atoms. The molecule has 2 rings (SSSR count). The van der Waals surface area contributed by atoms with Gasteiger partial charge in [-0.05, 0) is 19.3 Å². The number of Topliss-reactive ketones (excluding diaryl/α,β-unsaturated/α-hetero) is 1. The summed E-state index contributed by atoms with van der Waals surface area (Å²) in [5, 5.41) is 24.3. The maximum atomic E-state index is 12.6. The van der Waals surface area contributed by atoms with Gasteiger partial charge < -0.3 is 25.0 Å². The fraction of sp³-hybridized carbons (Fsp3) is 0.750. The minimum absolute atomic E-state index is 0.0918. The molecule has 7 unspecified atom stereocenters.